The highest BCUT2D eigenvalue weighted by Crippen LogP contribution is 2.25. The fourth-order valence-corrected chi connectivity index (χ4v) is 2.28. The van der Waals surface area contributed by atoms with Gasteiger partial charge in [0.25, 0.3) is 5.91 Å². The maximum atomic E-state index is 13.0. The third-order valence-electron chi connectivity index (χ3n) is 3.22. The predicted octanol–water partition coefficient (Wildman–Crippen LogP) is 4.17. The minimum atomic E-state index is -0.771. The molecule has 1 atom stereocenters. The number of ether oxygens (including phenoxy) is 1. The van der Waals surface area contributed by atoms with Gasteiger partial charge in [-0.05, 0) is 42.8 Å². The lowest BCUT2D eigenvalue weighted by Gasteiger charge is -2.15. The molecule has 126 valence electrons. The summed E-state index contributed by atoms with van der Waals surface area (Å²) in [5.41, 5.74) is 0.800. The van der Waals surface area contributed by atoms with Crippen molar-refractivity contribution >= 4 is 35.1 Å². The number of benzene rings is 2. The van der Waals surface area contributed by atoms with E-state index in [2.05, 4.69) is 5.32 Å². The van der Waals surface area contributed by atoms with Gasteiger partial charge in [-0.25, -0.2) is 9.18 Å². The van der Waals surface area contributed by atoms with Crippen LogP contribution >= 0.6 is 23.2 Å². The summed E-state index contributed by atoms with van der Waals surface area (Å²) in [6, 6.07) is 9.71. The molecule has 0 aliphatic carbocycles. The second-order valence-corrected chi connectivity index (χ2v) is 5.86. The molecule has 0 unspecified atom stereocenters. The van der Waals surface area contributed by atoms with Crippen LogP contribution in [0, 0.1) is 5.82 Å². The van der Waals surface area contributed by atoms with E-state index in [1.54, 1.807) is 25.1 Å². The SMILES string of the molecule is C[C@@H](NC(=O)COC(=O)c1cccc(F)c1)c1ccc(Cl)c(Cl)c1. The molecule has 0 aliphatic heterocycles. The maximum absolute atomic E-state index is 13.0. The third-order valence-corrected chi connectivity index (χ3v) is 3.95. The van der Waals surface area contributed by atoms with Crippen LogP contribution in [0.15, 0.2) is 42.5 Å². The van der Waals surface area contributed by atoms with Crippen molar-refractivity contribution in [2.24, 2.45) is 0 Å². The van der Waals surface area contributed by atoms with Crippen LogP contribution in [0.3, 0.4) is 0 Å². The summed E-state index contributed by atoms with van der Waals surface area (Å²) in [5.74, 6) is -1.81. The summed E-state index contributed by atoms with van der Waals surface area (Å²) >= 11 is 11.8. The van der Waals surface area contributed by atoms with E-state index in [1.165, 1.54) is 18.2 Å². The molecule has 0 saturated carbocycles. The highest BCUT2D eigenvalue weighted by Gasteiger charge is 2.14. The lowest BCUT2D eigenvalue weighted by Crippen LogP contribution is -2.31. The molecule has 0 aromatic heterocycles. The van der Waals surface area contributed by atoms with Gasteiger partial charge in [0, 0.05) is 0 Å². The quantitative estimate of drug-likeness (QED) is 0.804. The Labute approximate surface area is 148 Å². The molecular weight excluding hydrogens is 356 g/mol. The predicted molar refractivity (Wildman–Crippen MR) is 89.7 cm³/mol. The van der Waals surface area contributed by atoms with Gasteiger partial charge in [-0.3, -0.25) is 4.79 Å². The Kier molecular flexibility index (Phi) is 6.17. The van der Waals surface area contributed by atoms with E-state index in [9.17, 15) is 14.0 Å². The van der Waals surface area contributed by atoms with Gasteiger partial charge in [0.1, 0.15) is 5.82 Å². The molecule has 1 amide bonds. The van der Waals surface area contributed by atoms with Crippen LogP contribution in [0.1, 0.15) is 28.9 Å². The summed E-state index contributed by atoms with van der Waals surface area (Å²) in [4.78, 5) is 23.6. The molecule has 0 bridgehead atoms. The summed E-state index contributed by atoms with van der Waals surface area (Å²) < 4.78 is 17.9. The fourth-order valence-electron chi connectivity index (χ4n) is 1.98. The van der Waals surface area contributed by atoms with Crippen molar-refractivity contribution in [3.8, 4) is 0 Å². The Hall–Kier alpha value is -2.11. The number of nitrogens with one attached hydrogen (secondary N) is 1. The van der Waals surface area contributed by atoms with E-state index >= 15 is 0 Å². The molecular formula is C17H14Cl2FNO3. The number of hydrogen-bond donors (Lipinski definition) is 1. The molecule has 0 aliphatic rings. The van der Waals surface area contributed by atoms with Crippen LogP contribution in [-0.2, 0) is 9.53 Å². The number of rotatable bonds is 5. The van der Waals surface area contributed by atoms with Crippen molar-refractivity contribution in [2.45, 2.75) is 13.0 Å². The number of amides is 1. The first-order chi connectivity index (χ1) is 11.4. The zero-order chi connectivity index (χ0) is 17.7. The molecule has 24 heavy (non-hydrogen) atoms. The fraction of sp³-hybridized carbons (Fsp3) is 0.176. The summed E-state index contributed by atoms with van der Waals surface area (Å²) in [7, 11) is 0. The van der Waals surface area contributed by atoms with Gasteiger partial charge in [0.15, 0.2) is 6.61 Å². The van der Waals surface area contributed by atoms with Crippen LogP contribution < -0.4 is 5.32 Å². The van der Waals surface area contributed by atoms with Gasteiger partial charge in [-0.2, -0.15) is 0 Å². The molecule has 0 radical (unpaired) electrons. The normalized spacial score (nSPS) is 11.7. The minimum absolute atomic E-state index is 0.0420. The first kappa shape index (κ1) is 18.2. The molecule has 7 heteroatoms. The largest absolute Gasteiger partial charge is 0.452 e. The Morgan fingerprint density at radius 2 is 1.92 bits per heavy atom. The second-order valence-electron chi connectivity index (χ2n) is 5.05. The number of carbonyl (C=O) groups is 2. The highest BCUT2D eigenvalue weighted by molar-refractivity contribution is 6.42. The Morgan fingerprint density at radius 1 is 1.17 bits per heavy atom. The average molecular weight is 370 g/mol. The van der Waals surface area contributed by atoms with Crippen molar-refractivity contribution in [2.75, 3.05) is 6.61 Å². The molecule has 4 nitrogen and oxygen atoms in total. The Balaban J connectivity index is 1.88. The van der Waals surface area contributed by atoms with Crippen LogP contribution in [0.2, 0.25) is 10.0 Å². The molecule has 1 N–H and O–H groups in total. The monoisotopic (exact) mass is 369 g/mol. The Morgan fingerprint density at radius 3 is 2.58 bits per heavy atom. The van der Waals surface area contributed by atoms with Crippen LogP contribution in [0.25, 0.3) is 0 Å². The number of carbonyl (C=O) groups excluding carboxylic acids is 2. The van der Waals surface area contributed by atoms with Crippen molar-refractivity contribution in [3.05, 3.63) is 69.5 Å². The van der Waals surface area contributed by atoms with Crippen molar-refractivity contribution in [3.63, 3.8) is 0 Å². The number of halogens is 3. The lowest BCUT2D eigenvalue weighted by molar-refractivity contribution is -0.124. The third kappa shape index (κ3) is 4.94. The van der Waals surface area contributed by atoms with E-state index in [0.717, 1.165) is 11.6 Å². The van der Waals surface area contributed by atoms with Crippen molar-refractivity contribution in [1.82, 2.24) is 5.32 Å². The smallest absolute Gasteiger partial charge is 0.338 e. The van der Waals surface area contributed by atoms with Gasteiger partial charge >= 0.3 is 5.97 Å². The van der Waals surface area contributed by atoms with Gasteiger partial charge in [0.05, 0.1) is 21.7 Å². The molecule has 0 fully saturated rings. The van der Waals surface area contributed by atoms with Crippen molar-refractivity contribution < 1.29 is 18.7 Å². The van der Waals surface area contributed by atoms with Gasteiger partial charge in [-0.15, -0.1) is 0 Å². The lowest BCUT2D eigenvalue weighted by atomic mass is 10.1. The van der Waals surface area contributed by atoms with Gasteiger partial charge < -0.3 is 10.1 Å². The van der Waals surface area contributed by atoms with E-state index in [-0.39, 0.29) is 11.6 Å². The number of hydrogen-bond acceptors (Lipinski definition) is 3. The first-order valence-electron chi connectivity index (χ1n) is 7.04. The second kappa shape index (κ2) is 8.13. The van der Waals surface area contributed by atoms with Crippen molar-refractivity contribution in [1.29, 1.82) is 0 Å². The standard InChI is InChI=1S/C17H14Cl2FNO3/c1-10(11-5-6-14(18)15(19)8-11)21-16(22)9-24-17(23)12-3-2-4-13(20)7-12/h2-8,10H,9H2,1H3,(H,21,22)/t10-/m1/s1. The molecule has 2 aromatic rings. The Bertz CT molecular complexity index is 767. The first-order valence-corrected chi connectivity index (χ1v) is 7.79. The molecule has 0 heterocycles. The van der Waals surface area contributed by atoms with Crippen LogP contribution in [-0.4, -0.2) is 18.5 Å². The highest BCUT2D eigenvalue weighted by atomic mass is 35.5. The maximum Gasteiger partial charge on any atom is 0.338 e. The minimum Gasteiger partial charge on any atom is -0.452 e. The van der Waals surface area contributed by atoms with E-state index < -0.39 is 24.3 Å². The molecule has 2 aromatic carbocycles. The van der Waals surface area contributed by atoms with Crippen LogP contribution in [0.5, 0.6) is 0 Å². The molecule has 2 rings (SSSR count). The van der Waals surface area contributed by atoms with E-state index in [0.29, 0.717) is 10.0 Å². The number of esters is 1. The van der Waals surface area contributed by atoms with E-state index in [1.807, 2.05) is 0 Å². The van der Waals surface area contributed by atoms with Gasteiger partial charge in [-0.1, -0.05) is 35.3 Å². The van der Waals surface area contributed by atoms with Gasteiger partial charge in [0.2, 0.25) is 0 Å². The summed E-state index contributed by atoms with van der Waals surface area (Å²) in [6.45, 7) is 1.28. The zero-order valence-electron chi connectivity index (χ0n) is 12.7. The molecule has 0 spiro atoms. The molecule has 0 saturated heterocycles. The average Bonchev–Trinajstić information content (AvgIpc) is 2.55. The van der Waals surface area contributed by atoms with Crippen LogP contribution in [0.4, 0.5) is 4.39 Å². The summed E-state index contributed by atoms with van der Waals surface area (Å²) in [5, 5.41) is 3.47. The topological polar surface area (TPSA) is 55.4 Å². The summed E-state index contributed by atoms with van der Waals surface area (Å²) in [6.07, 6.45) is 0. The van der Waals surface area contributed by atoms with E-state index in [4.69, 9.17) is 27.9 Å². The zero-order valence-corrected chi connectivity index (χ0v) is 14.2.